The highest BCUT2D eigenvalue weighted by molar-refractivity contribution is 5.27. The van der Waals surface area contributed by atoms with E-state index < -0.39 is 0 Å². The van der Waals surface area contributed by atoms with Crippen molar-refractivity contribution in [1.29, 1.82) is 0 Å². The Bertz CT molecular complexity index is 368. The fourth-order valence-corrected chi connectivity index (χ4v) is 2.44. The average molecular weight is 265 g/mol. The first-order valence-electron chi connectivity index (χ1n) is 7.06. The second kappa shape index (κ2) is 8.31. The maximum Gasteiger partial charge on any atom is 0.0804 e. The lowest BCUT2D eigenvalue weighted by atomic mass is 10.0. The van der Waals surface area contributed by atoms with Crippen LogP contribution in [-0.4, -0.2) is 42.9 Å². The first-order valence-corrected chi connectivity index (χ1v) is 7.06. The number of aryl methyl sites for hydroxylation is 1. The van der Waals surface area contributed by atoms with Crippen molar-refractivity contribution < 1.29 is 9.84 Å². The molecular formula is C16H27NO2. The van der Waals surface area contributed by atoms with Crippen LogP contribution in [-0.2, 0) is 4.74 Å². The lowest BCUT2D eigenvalue weighted by Gasteiger charge is -2.28. The average Bonchev–Trinajstić information content (AvgIpc) is 2.40. The van der Waals surface area contributed by atoms with E-state index in [0.29, 0.717) is 6.04 Å². The molecule has 1 aromatic rings. The van der Waals surface area contributed by atoms with Gasteiger partial charge < -0.3 is 9.84 Å². The van der Waals surface area contributed by atoms with Crippen LogP contribution < -0.4 is 0 Å². The van der Waals surface area contributed by atoms with E-state index in [0.717, 1.165) is 37.2 Å². The molecule has 2 atom stereocenters. The molecule has 0 amide bonds. The maximum atomic E-state index is 10.3. The second-order valence-electron chi connectivity index (χ2n) is 5.09. The highest BCUT2D eigenvalue weighted by Crippen LogP contribution is 2.20. The van der Waals surface area contributed by atoms with E-state index in [-0.39, 0.29) is 6.10 Å². The Hall–Kier alpha value is -0.900. The van der Waals surface area contributed by atoms with Crippen LogP contribution in [0.15, 0.2) is 24.3 Å². The molecular weight excluding hydrogens is 238 g/mol. The van der Waals surface area contributed by atoms with Crippen molar-refractivity contribution in [3.05, 3.63) is 35.4 Å². The van der Waals surface area contributed by atoms with E-state index in [1.54, 1.807) is 7.11 Å². The van der Waals surface area contributed by atoms with Crippen molar-refractivity contribution in [1.82, 2.24) is 4.90 Å². The van der Waals surface area contributed by atoms with Crippen LogP contribution in [0.25, 0.3) is 0 Å². The zero-order chi connectivity index (χ0) is 14.3. The summed E-state index contributed by atoms with van der Waals surface area (Å²) in [7, 11) is 1.73. The van der Waals surface area contributed by atoms with E-state index in [1.807, 2.05) is 31.2 Å². The molecule has 0 aliphatic carbocycles. The molecule has 19 heavy (non-hydrogen) atoms. The smallest absolute Gasteiger partial charge is 0.0804 e. The van der Waals surface area contributed by atoms with Crippen LogP contribution >= 0.6 is 0 Å². The van der Waals surface area contributed by atoms with Gasteiger partial charge in [0.1, 0.15) is 0 Å². The minimum atomic E-state index is -0.384. The third-order valence-corrected chi connectivity index (χ3v) is 3.67. The Morgan fingerprint density at radius 2 is 2.00 bits per heavy atom. The van der Waals surface area contributed by atoms with Crippen LogP contribution in [0.4, 0.5) is 0 Å². The number of methoxy groups -OCH3 is 1. The first-order chi connectivity index (χ1) is 9.10. The molecule has 2 unspecified atom stereocenters. The predicted molar refractivity (Wildman–Crippen MR) is 79.3 cm³/mol. The Morgan fingerprint density at radius 1 is 1.32 bits per heavy atom. The van der Waals surface area contributed by atoms with Crippen LogP contribution in [0, 0.1) is 6.92 Å². The summed E-state index contributed by atoms with van der Waals surface area (Å²) in [5.74, 6) is 0. The number of hydrogen-bond donors (Lipinski definition) is 1. The molecule has 108 valence electrons. The normalized spacial score (nSPS) is 14.6. The van der Waals surface area contributed by atoms with Crippen LogP contribution in [0.1, 0.15) is 37.5 Å². The largest absolute Gasteiger partial charge is 0.388 e. The molecule has 1 N–H and O–H groups in total. The lowest BCUT2D eigenvalue weighted by Crippen LogP contribution is -2.37. The van der Waals surface area contributed by atoms with Crippen molar-refractivity contribution in [3.8, 4) is 0 Å². The number of ether oxygens (including phenoxy) is 1. The Balaban J connectivity index is 2.53. The number of aliphatic hydroxyl groups is 1. The zero-order valence-electron chi connectivity index (χ0n) is 12.6. The summed E-state index contributed by atoms with van der Waals surface area (Å²) in [5.41, 5.74) is 2.20. The minimum Gasteiger partial charge on any atom is -0.388 e. The van der Waals surface area contributed by atoms with E-state index in [9.17, 15) is 5.11 Å². The number of hydrogen-bond acceptors (Lipinski definition) is 3. The maximum absolute atomic E-state index is 10.3. The molecule has 0 aliphatic rings. The summed E-state index contributed by atoms with van der Waals surface area (Å²) < 4.78 is 5.19. The molecule has 3 nitrogen and oxygen atoms in total. The highest BCUT2D eigenvalue weighted by atomic mass is 16.5. The van der Waals surface area contributed by atoms with E-state index in [4.69, 9.17) is 4.74 Å². The highest BCUT2D eigenvalue weighted by Gasteiger charge is 2.15. The molecule has 0 bridgehead atoms. The summed E-state index contributed by atoms with van der Waals surface area (Å²) in [6.45, 7) is 8.94. The molecule has 0 aliphatic heterocycles. The van der Waals surface area contributed by atoms with Gasteiger partial charge in [-0.05, 0) is 37.9 Å². The molecule has 0 radical (unpaired) electrons. The molecule has 0 spiro atoms. The van der Waals surface area contributed by atoms with Gasteiger partial charge in [-0.3, -0.25) is 4.90 Å². The molecule has 0 saturated heterocycles. The van der Waals surface area contributed by atoms with Crippen LogP contribution in [0.3, 0.4) is 0 Å². The van der Waals surface area contributed by atoms with E-state index >= 15 is 0 Å². The number of aliphatic hydroxyl groups excluding tert-OH is 1. The van der Waals surface area contributed by atoms with Crippen molar-refractivity contribution >= 4 is 0 Å². The van der Waals surface area contributed by atoms with Gasteiger partial charge in [0.25, 0.3) is 0 Å². The third kappa shape index (κ3) is 4.94. The third-order valence-electron chi connectivity index (χ3n) is 3.67. The zero-order valence-corrected chi connectivity index (χ0v) is 12.6. The molecule has 0 aromatic heterocycles. The summed E-state index contributed by atoms with van der Waals surface area (Å²) >= 11 is 0. The van der Waals surface area contributed by atoms with Gasteiger partial charge in [-0.1, -0.05) is 31.2 Å². The van der Waals surface area contributed by atoms with Gasteiger partial charge in [-0.25, -0.2) is 0 Å². The Kier molecular flexibility index (Phi) is 7.06. The molecule has 0 fully saturated rings. The summed E-state index contributed by atoms with van der Waals surface area (Å²) in [6.07, 6.45) is 0.372. The summed E-state index contributed by atoms with van der Waals surface area (Å²) in [5, 5.41) is 10.3. The summed E-state index contributed by atoms with van der Waals surface area (Å²) in [6, 6.07) is 8.43. The fraction of sp³-hybridized carbons (Fsp3) is 0.625. The van der Waals surface area contributed by atoms with E-state index in [1.165, 1.54) is 0 Å². The Morgan fingerprint density at radius 3 is 2.58 bits per heavy atom. The van der Waals surface area contributed by atoms with Gasteiger partial charge in [0.2, 0.25) is 0 Å². The number of nitrogens with zero attached hydrogens (tertiary/aromatic N) is 1. The molecule has 3 heteroatoms. The van der Waals surface area contributed by atoms with Crippen molar-refractivity contribution in [3.63, 3.8) is 0 Å². The second-order valence-corrected chi connectivity index (χ2v) is 5.09. The molecule has 1 rings (SSSR count). The number of likely N-dealkylation sites (N-methyl/N-ethyl adjacent to an activating group) is 1. The van der Waals surface area contributed by atoms with Gasteiger partial charge in [-0.2, -0.15) is 0 Å². The SMILES string of the molecule is CCN(CCC(O)c1ccccc1C)C(C)COC. The Labute approximate surface area is 117 Å². The quantitative estimate of drug-likeness (QED) is 0.784. The van der Waals surface area contributed by atoms with Gasteiger partial charge in [0, 0.05) is 19.7 Å². The number of benzene rings is 1. The molecule has 0 saturated carbocycles. The van der Waals surface area contributed by atoms with Crippen LogP contribution in [0.2, 0.25) is 0 Å². The van der Waals surface area contributed by atoms with Crippen LogP contribution in [0.5, 0.6) is 0 Å². The standard InChI is InChI=1S/C16H27NO2/c1-5-17(14(3)12-19-4)11-10-16(18)15-9-7-6-8-13(15)2/h6-9,14,16,18H,5,10-12H2,1-4H3. The summed E-state index contributed by atoms with van der Waals surface area (Å²) in [4.78, 5) is 2.34. The van der Waals surface area contributed by atoms with Gasteiger partial charge in [0.05, 0.1) is 12.7 Å². The number of rotatable bonds is 8. The van der Waals surface area contributed by atoms with Gasteiger partial charge in [-0.15, -0.1) is 0 Å². The van der Waals surface area contributed by atoms with Gasteiger partial charge >= 0.3 is 0 Å². The molecule has 0 heterocycles. The fourth-order valence-electron chi connectivity index (χ4n) is 2.44. The lowest BCUT2D eigenvalue weighted by molar-refractivity contribution is 0.0839. The van der Waals surface area contributed by atoms with Crippen molar-refractivity contribution in [2.24, 2.45) is 0 Å². The first kappa shape index (κ1) is 16.2. The van der Waals surface area contributed by atoms with Crippen molar-refractivity contribution in [2.75, 3.05) is 26.8 Å². The van der Waals surface area contributed by atoms with E-state index in [2.05, 4.69) is 18.7 Å². The monoisotopic (exact) mass is 265 g/mol. The predicted octanol–water partition coefficient (Wildman–Crippen LogP) is 2.78. The topological polar surface area (TPSA) is 32.7 Å². The van der Waals surface area contributed by atoms with Gasteiger partial charge in [0.15, 0.2) is 0 Å². The van der Waals surface area contributed by atoms with Crippen molar-refractivity contribution in [2.45, 2.75) is 39.3 Å². The molecule has 1 aromatic carbocycles. The minimum absolute atomic E-state index is 0.384.